The number of hydrogen-bond acceptors (Lipinski definition) is 4. The van der Waals surface area contributed by atoms with Gasteiger partial charge in [-0.3, -0.25) is 14.7 Å². The van der Waals surface area contributed by atoms with E-state index in [0.717, 1.165) is 25.6 Å². The Labute approximate surface area is 123 Å². The van der Waals surface area contributed by atoms with Crippen LogP contribution in [0.1, 0.15) is 33.7 Å². The normalized spacial score (nSPS) is 19.5. The Morgan fingerprint density at radius 1 is 1.19 bits per heavy atom. The number of rotatable bonds is 4. The first-order chi connectivity index (χ1) is 10.1. The molecule has 2 fully saturated rings. The third-order valence-electron chi connectivity index (χ3n) is 4.10. The summed E-state index contributed by atoms with van der Waals surface area (Å²) in [4.78, 5) is 31.3. The van der Waals surface area contributed by atoms with Gasteiger partial charge >= 0.3 is 5.97 Å². The number of amides is 1. The minimum absolute atomic E-state index is 0.0980. The number of carboxylic acid groups (broad SMARTS) is 1. The fourth-order valence-corrected chi connectivity index (χ4v) is 2.61. The maximum Gasteiger partial charge on any atom is 0.337 e. The molecule has 1 N–H and O–H groups in total. The van der Waals surface area contributed by atoms with Gasteiger partial charge in [-0.2, -0.15) is 0 Å². The highest BCUT2D eigenvalue weighted by Gasteiger charge is 2.28. The van der Waals surface area contributed by atoms with Crippen LogP contribution in [0.2, 0.25) is 0 Å². The fourth-order valence-electron chi connectivity index (χ4n) is 2.61. The molecule has 1 saturated carbocycles. The van der Waals surface area contributed by atoms with Gasteiger partial charge in [-0.15, -0.1) is 0 Å². The second-order valence-corrected chi connectivity index (χ2v) is 5.77. The van der Waals surface area contributed by atoms with Gasteiger partial charge in [0.25, 0.3) is 5.91 Å². The topological polar surface area (TPSA) is 73.7 Å². The quantitative estimate of drug-likeness (QED) is 0.893. The first-order valence-corrected chi connectivity index (χ1v) is 7.34. The summed E-state index contributed by atoms with van der Waals surface area (Å²) < 4.78 is 0. The lowest BCUT2D eigenvalue weighted by atomic mass is 10.2. The number of carbonyl (C=O) groups is 2. The predicted octanol–water partition coefficient (Wildman–Crippen LogP) is 0.948. The molecular weight excluding hydrogens is 270 g/mol. The number of aromatic carboxylic acids is 1. The van der Waals surface area contributed by atoms with Crippen LogP contribution < -0.4 is 0 Å². The summed E-state index contributed by atoms with van der Waals surface area (Å²) >= 11 is 0. The third kappa shape index (κ3) is 3.39. The lowest BCUT2D eigenvalue weighted by Crippen LogP contribution is -2.49. The van der Waals surface area contributed by atoms with E-state index < -0.39 is 5.97 Å². The zero-order valence-corrected chi connectivity index (χ0v) is 11.9. The van der Waals surface area contributed by atoms with Crippen molar-refractivity contribution < 1.29 is 14.7 Å². The molecule has 3 rings (SSSR count). The van der Waals surface area contributed by atoms with Crippen LogP contribution in [0.4, 0.5) is 0 Å². The molecule has 1 amide bonds. The molecule has 6 heteroatoms. The number of nitrogens with zero attached hydrogens (tertiary/aromatic N) is 3. The fraction of sp³-hybridized carbons (Fsp3) is 0.533. The molecule has 0 radical (unpaired) electrons. The number of carbonyl (C=O) groups excluding carboxylic acids is 1. The molecule has 2 aliphatic rings. The molecule has 6 nitrogen and oxygen atoms in total. The van der Waals surface area contributed by atoms with Gasteiger partial charge in [0.1, 0.15) is 5.69 Å². The van der Waals surface area contributed by atoms with Crippen LogP contribution in [-0.4, -0.2) is 64.5 Å². The van der Waals surface area contributed by atoms with Crippen LogP contribution in [0, 0.1) is 5.92 Å². The van der Waals surface area contributed by atoms with E-state index in [1.165, 1.54) is 31.2 Å². The highest BCUT2D eigenvalue weighted by molar-refractivity contribution is 5.93. The van der Waals surface area contributed by atoms with Gasteiger partial charge in [0.15, 0.2) is 0 Å². The molecule has 21 heavy (non-hydrogen) atoms. The summed E-state index contributed by atoms with van der Waals surface area (Å²) in [6.07, 6.45) is 3.93. The monoisotopic (exact) mass is 289 g/mol. The number of piperazine rings is 1. The molecule has 0 unspecified atom stereocenters. The average molecular weight is 289 g/mol. The molecule has 0 spiro atoms. The van der Waals surface area contributed by atoms with Crippen LogP contribution in [0.3, 0.4) is 0 Å². The van der Waals surface area contributed by atoms with Crippen molar-refractivity contribution in [2.24, 2.45) is 5.92 Å². The summed E-state index contributed by atoms with van der Waals surface area (Å²) in [6.45, 7) is 4.42. The van der Waals surface area contributed by atoms with E-state index in [1.807, 2.05) is 0 Å². The molecule has 0 aromatic carbocycles. The zero-order valence-electron chi connectivity index (χ0n) is 11.9. The molecule has 1 aliphatic carbocycles. The Morgan fingerprint density at radius 2 is 1.90 bits per heavy atom. The molecule has 1 aliphatic heterocycles. The summed E-state index contributed by atoms with van der Waals surface area (Å²) in [5.74, 6) is -0.273. The van der Waals surface area contributed by atoms with E-state index in [-0.39, 0.29) is 11.5 Å². The van der Waals surface area contributed by atoms with Crippen molar-refractivity contribution >= 4 is 11.9 Å². The molecule has 1 aromatic heterocycles. The predicted molar refractivity (Wildman–Crippen MR) is 76.3 cm³/mol. The Balaban J connectivity index is 1.56. The summed E-state index contributed by atoms with van der Waals surface area (Å²) in [6, 6.07) is 2.91. The van der Waals surface area contributed by atoms with Crippen LogP contribution in [0.15, 0.2) is 18.3 Å². The smallest absolute Gasteiger partial charge is 0.337 e. The highest BCUT2D eigenvalue weighted by atomic mass is 16.4. The Kier molecular flexibility index (Phi) is 3.88. The minimum atomic E-state index is -1.03. The van der Waals surface area contributed by atoms with Gasteiger partial charge in [-0.1, -0.05) is 0 Å². The molecule has 1 aromatic rings. The van der Waals surface area contributed by atoms with Gasteiger partial charge in [-0.25, -0.2) is 4.79 Å². The van der Waals surface area contributed by atoms with E-state index in [4.69, 9.17) is 5.11 Å². The standard InChI is InChI=1S/C15H19N3O3/c19-14(13-4-3-12(9-16-13)15(20)21)18-7-5-17(6-8-18)10-11-1-2-11/h3-4,9,11H,1-2,5-8,10H2,(H,20,21). The first-order valence-electron chi connectivity index (χ1n) is 7.34. The van der Waals surface area contributed by atoms with Gasteiger partial charge in [0.2, 0.25) is 0 Å². The first kappa shape index (κ1) is 14.0. The Morgan fingerprint density at radius 3 is 2.43 bits per heavy atom. The Bertz CT molecular complexity index is 532. The maximum atomic E-state index is 12.3. The summed E-state index contributed by atoms with van der Waals surface area (Å²) in [5, 5.41) is 8.83. The lowest BCUT2D eigenvalue weighted by molar-refractivity contribution is 0.0623. The molecule has 2 heterocycles. The van der Waals surface area contributed by atoms with E-state index in [2.05, 4.69) is 9.88 Å². The van der Waals surface area contributed by atoms with Gasteiger partial charge in [0.05, 0.1) is 5.56 Å². The van der Waals surface area contributed by atoms with Crippen molar-refractivity contribution in [3.63, 3.8) is 0 Å². The second kappa shape index (κ2) is 5.81. The van der Waals surface area contributed by atoms with Crippen molar-refractivity contribution in [3.05, 3.63) is 29.6 Å². The van der Waals surface area contributed by atoms with E-state index in [1.54, 1.807) is 4.90 Å². The molecule has 0 atom stereocenters. The van der Waals surface area contributed by atoms with Gasteiger partial charge in [0, 0.05) is 38.9 Å². The van der Waals surface area contributed by atoms with Crippen LogP contribution >= 0.6 is 0 Å². The van der Waals surface area contributed by atoms with E-state index in [0.29, 0.717) is 18.8 Å². The Hall–Kier alpha value is -1.95. The van der Waals surface area contributed by atoms with Crippen molar-refractivity contribution in [2.75, 3.05) is 32.7 Å². The molecular formula is C15H19N3O3. The molecule has 0 bridgehead atoms. The second-order valence-electron chi connectivity index (χ2n) is 5.77. The lowest BCUT2D eigenvalue weighted by Gasteiger charge is -2.34. The van der Waals surface area contributed by atoms with Crippen molar-refractivity contribution in [3.8, 4) is 0 Å². The number of carboxylic acids is 1. The molecule has 1 saturated heterocycles. The zero-order chi connectivity index (χ0) is 14.8. The summed E-state index contributed by atoms with van der Waals surface area (Å²) in [5.41, 5.74) is 0.413. The molecule has 112 valence electrons. The van der Waals surface area contributed by atoms with Crippen LogP contribution in [0.25, 0.3) is 0 Å². The van der Waals surface area contributed by atoms with Crippen molar-refractivity contribution in [1.29, 1.82) is 0 Å². The third-order valence-corrected chi connectivity index (χ3v) is 4.10. The van der Waals surface area contributed by atoms with Crippen LogP contribution in [0.5, 0.6) is 0 Å². The number of hydrogen-bond donors (Lipinski definition) is 1. The largest absolute Gasteiger partial charge is 0.478 e. The number of pyridine rings is 1. The average Bonchev–Trinajstić information content (AvgIpc) is 3.31. The summed E-state index contributed by atoms with van der Waals surface area (Å²) in [7, 11) is 0. The van der Waals surface area contributed by atoms with Crippen molar-refractivity contribution in [2.45, 2.75) is 12.8 Å². The highest BCUT2D eigenvalue weighted by Crippen LogP contribution is 2.29. The minimum Gasteiger partial charge on any atom is -0.478 e. The SMILES string of the molecule is O=C(O)c1ccc(C(=O)N2CCN(CC3CC3)CC2)nc1. The maximum absolute atomic E-state index is 12.3. The van der Waals surface area contributed by atoms with E-state index in [9.17, 15) is 9.59 Å². The van der Waals surface area contributed by atoms with Gasteiger partial charge < -0.3 is 10.0 Å². The van der Waals surface area contributed by atoms with Crippen LogP contribution in [-0.2, 0) is 0 Å². The van der Waals surface area contributed by atoms with E-state index >= 15 is 0 Å². The number of aromatic nitrogens is 1. The van der Waals surface area contributed by atoms with Crippen molar-refractivity contribution in [1.82, 2.24) is 14.8 Å². The van der Waals surface area contributed by atoms with Gasteiger partial charge in [-0.05, 0) is 30.9 Å².